The van der Waals surface area contributed by atoms with E-state index in [9.17, 15) is 9.59 Å². The summed E-state index contributed by atoms with van der Waals surface area (Å²) in [5.41, 5.74) is 0.778. The van der Waals surface area contributed by atoms with Gasteiger partial charge in [-0.3, -0.25) is 4.79 Å². The monoisotopic (exact) mass is 303 g/mol. The number of anilines is 1. The molecule has 1 saturated carbocycles. The summed E-state index contributed by atoms with van der Waals surface area (Å²) in [5.74, 6) is 0.433. The first-order valence-corrected chi connectivity index (χ1v) is 7.91. The first-order valence-electron chi connectivity index (χ1n) is 7.10. The fraction of sp³-hybridized carbons (Fsp3) is 0.375. The van der Waals surface area contributed by atoms with Crippen molar-refractivity contribution in [3.63, 3.8) is 0 Å². The van der Waals surface area contributed by atoms with Gasteiger partial charge in [0.15, 0.2) is 0 Å². The fourth-order valence-corrected chi connectivity index (χ4v) is 3.28. The average Bonchev–Trinajstić information content (AvgIpc) is 3.03. The Morgan fingerprint density at radius 2 is 2.14 bits per heavy atom. The van der Waals surface area contributed by atoms with Crippen molar-refractivity contribution in [1.29, 1.82) is 0 Å². The first-order chi connectivity index (χ1) is 10.1. The highest BCUT2D eigenvalue weighted by molar-refractivity contribution is 7.20. The molecule has 1 N–H and O–H groups in total. The zero-order chi connectivity index (χ0) is 15.0. The van der Waals surface area contributed by atoms with Crippen LogP contribution in [-0.4, -0.2) is 18.5 Å². The van der Waals surface area contributed by atoms with Crippen molar-refractivity contribution >= 4 is 39.0 Å². The van der Waals surface area contributed by atoms with Crippen LogP contribution < -0.4 is 5.32 Å². The summed E-state index contributed by atoms with van der Waals surface area (Å²) < 4.78 is 6.02. The molecule has 1 amide bonds. The standard InChI is InChI=1S/C16H17NO3S/c1-3-20-16(19)14-8-10-7-11(4-5-13(10)21-14)17-15(18)12-6-9(12)2/h4-5,7-9,12H,3,6H2,1-2H3,(H,17,18)/t9-,12-/m0/s1. The Hall–Kier alpha value is -1.88. The molecule has 2 atom stereocenters. The second-order valence-corrected chi connectivity index (χ2v) is 6.48. The number of esters is 1. The summed E-state index contributed by atoms with van der Waals surface area (Å²) >= 11 is 1.40. The number of thiophene rings is 1. The summed E-state index contributed by atoms with van der Waals surface area (Å²) in [6.07, 6.45) is 0.972. The summed E-state index contributed by atoms with van der Waals surface area (Å²) in [6.45, 7) is 4.24. The number of nitrogens with one attached hydrogen (secondary N) is 1. The Balaban J connectivity index is 1.79. The zero-order valence-corrected chi connectivity index (χ0v) is 12.8. The van der Waals surface area contributed by atoms with Crippen LogP contribution in [0.15, 0.2) is 24.3 Å². The van der Waals surface area contributed by atoms with Crippen molar-refractivity contribution in [3.05, 3.63) is 29.1 Å². The average molecular weight is 303 g/mol. The van der Waals surface area contributed by atoms with E-state index in [2.05, 4.69) is 12.2 Å². The van der Waals surface area contributed by atoms with Gasteiger partial charge < -0.3 is 10.1 Å². The van der Waals surface area contributed by atoms with Crippen molar-refractivity contribution in [3.8, 4) is 0 Å². The Labute approximate surface area is 127 Å². The van der Waals surface area contributed by atoms with E-state index in [0.29, 0.717) is 17.4 Å². The SMILES string of the molecule is CCOC(=O)c1cc2cc(NC(=O)[C@H]3C[C@@H]3C)ccc2s1. The molecule has 5 heteroatoms. The normalized spacial score (nSPS) is 20.3. The van der Waals surface area contributed by atoms with Gasteiger partial charge in [-0.15, -0.1) is 11.3 Å². The number of benzene rings is 1. The van der Waals surface area contributed by atoms with Crippen LogP contribution in [0, 0.1) is 11.8 Å². The Kier molecular flexibility index (Phi) is 3.68. The van der Waals surface area contributed by atoms with E-state index in [1.165, 1.54) is 11.3 Å². The predicted octanol–water partition coefficient (Wildman–Crippen LogP) is 3.67. The van der Waals surface area contributed by atoms with Crippen molar-refractivity contribution < 1.29 is 14.3 Å². The maximum absolute atomic E-state index is 11.9. The molecule has 1 fully saturated rings. The second kappa shape index (κ2) is 5.48. The molecule has 2 aromatic rings. The summed E-state index contributed by atoms with van der Waals surface area (Å²) in [7, 11) is 0. The lowest BCUT2D eigenvalue weighted by Gasteiger charge is -2.04. The van der Waals surface area contributed by atoms with Gasteiger partial charge in [0.25, 0.3) is 0 Å². The molecule has 0 spiro atoms. The molecule has 3 rings (SSSR count). The van der Waals surface area contributed by atoms with Gasteiger partial charge in [-0.2, -0.15) is 0 Å². The number of carbonyl (C=O) groups is 2. The van der Waals surface area contributed by atoms with Crippen molar-refractivity contribution in [1.82, 2.24) is 0 Å². The molecule has 0 unspecified atom stereocenters. The highest BCUT2D eigenvalue weighted by Crippen LogP contribution is 2.38. The van der Waals surface area contributed by atoms with Gasteiger partial charge in [0.2, 0.25) is 5.91 Å². The van der Waals surface area contributed by atoms with E-state index >= 15 is 0 Å². The van der Waals surface area contributed by atoms with Crippen LogP contribution >= 0.6 is 11.3 Å². The smallest absolute Gasteiger partial charge is 0.348 e. The second-order valence-electron chi connectivity index (χ2n) is 5.39. The number of hydrogen-bond donors (Lipinski definition) is 1. The zero-order valence-electron chi connectivity index (χ0n) is 12.0. The molecule has 110 valence electrons. The topological polar surface area (TPSA) is 55.4 Å². The summed E-state index contributed by atoms with van der Waals surface area (Å²) in [6, 6.07) is 7.51. The van der Waals surface area contributed by atoms with Crippen LogP contribution in [0.3, 0.4) is 0 Å². The molecule has 21 heavy (non-hydrogen) atoms. The van der Waals surface area contributed by atoms with E-state index in [1.807, 2.05) is 24.3 Å². The quantitative estimate of drug-likeness (QED) is 0.877. The van der Waals surface area contributed by atoms with Crippen LogP contribution in [0.5, 0.6) is 0 Å². The Morgan fingerprint density at radius 1 is 1.38 bits per heavy atom. The number of hydrogen-bond acceptors (Lipinski definition) is 4. The van der Waals surface area contributed by atoms with Gasteiger partial charge in [-0.25, -0.2) is 4.79 Å². The molecule has 0 radical (unpaired) electrons. The maximum Gasteiger partial charge on any atom is 0.348 e. The fourth-order valence-electron chi connectivity index (χ4n) is 2.35. The number of ether oxygens (including phenoxy) is 1. The van der Waals surface area contributed by atoms with Gasteiger partial charge in [-0.05, 0) is 48.9 Å². The molecule has 0 saturated heterocycles. The van der Waals surface area contributed by atoms with Crippen LogP contribution in [-0.2, 0) is 9.53 Å². The molecule has 1 aromatic carbocycles. The highest BCUT2D eigenvalue weighted by Gasteiger charge is 2.39. The minimum absolute atomic E-state index is 0.0858. The first kappa shape index (κ1) is 14.1. The number of rotatable bonds is 4. The number of amides is 1. The number of carbonyl (C=O) groups excluding carboxylic acids is 2. The summed E-state index contributed by atoms with van der Waals surface area (Å²) in [4.78, 5) is 24.3. The van der Waals surface area contributed by atoms with Gasteiger partial charge in [0, 0.05) is 16.3 Å². The third-order valence-electron chi connectivity index (χ3n) is 3.71. The predicted molar refractivity (Wildman–Crippen MR) is 83.7 cm³/mol. The van der Waals surface area contributed by atoms with E-state index in [4.69, 9.17) is 4.74 Å². The third kappa shape index (κ3) is 2.93. The lowest BCUT2D eigenvalue weighted by atomic mass is 10.2. The molecule has 1 aliphatic rings. The minimum Gasteiger partial charge on any atom is -0.462 e. The lowest BCUT2D eigenvalue weighted by Crippen LogP contribution is -2.14. The van der Waals surface area contributed by atoms with Gasteiger partial charge in [0.05, 0.1) is 6.61 Å². The van der Waals surface area contributed by atoms with E-state index < -0.39 is 0 Å². The van der Waals surface area contributed by atoms with Gasteiger partial charge >= 0.3 is 5.97 Å². The van der Waals surface area contributed by atoms with Gasteiger partial charge in [-0.1, -0.05) is 6.92 Å². The highest BCUT2D eigenvalue weighted by atomic mass is 32.1. The molecular formula is C16H17NO3S. The van der Waals surface area contributed by atoms with Crippen LogP contribution in [0.1, 0.15) is 29.9 Å². The van der Waals surface area contributed by atoms with Crippen LogP contribution in [0.25, 0.3) is 10.1 Å². The molecule has 1 aliphatic carbocycles. The Morgan fingerprint density at radius 3 is 2.81 bits per heavy atom. The van der Waals surface area contributed by atoms with E-state index in [0.717, 1.165) is 22.2 Å². The third-order valence-corrected chi connectivity index (χ3v) is 4.80. The van der Waals surface area contributed by atoms with Crippen molar-refractivity contribution in [2.24, 2.45) is 11.8 Å². The van der Waals surface area contributed by atoms with Crippen molar-refractivity contribution in [2.45, 2.75) is 20.3 Å². The largest absolute Gasteiger partial charge is 0.462 e. The van der Waals surface area contributed by atoms with E-state index in [-0.39, 0.29) is 17.8 Å². The van der Waals surface area contributed by atoms with E-state index in [1.54, 1.807) is 6.92 Å². The van der Waals surface area contributed by atoms with Crippen molar-refractivity contribution in [2.75, 3.05) is 11.9 Å². The molecule has 1 heterocycles. The molecular weight excluding hydrogens is 286 g/mol. The summed E-state index contributed by atoms with van der Waals surface area (Å²) in [5, 5.41) is 3.89. The maximum atomic E-state index is 11.9. The van der Waals surface area contributed by atoms with Crippen LogP contribution in [0.2, 0.25) is 0 Å². The molecule has 0 bridgehead atoms. The van der Waals surface area contributed by atoms with Gasteiger partial charge in [0.1, 0.15) is 4.88 Å². The Bertz CT molecular complexity index is 707. The van der Waals surface area contributed by atoms with Crippen LogP contribution in [0.4, 0.5) is 5.69 Å². The lowest BCUT2D eigenvalue weighted by molar-refractivity contribution is -0.117. The number of fused-ring (bicyclic) bond motifs is 1. The molecule has 1 aromatic heterocycles. The molecule has 0 aliphatic heterocycles. The minimum atomic E-state index is -0.295. The molecule has 4 nitrogen and oxygen atoms in total.